The molecule has 0 amide bonds. The summed E-state index contributed by atoms with van der Waals surface area (Å²) in [6.07, 6.45) is 0. The third-order valence-electron chi connectivity index (χ3n) is 1.19. The summed E-state index contributed by atoms with van der Waals surface area (Å²) in [5.41, 5.74) is 0. The van der Waals surface area contributed by atoms with Crippen molar-refractivity contribution in [3.63, 3.8) is 0 Å². The Kier molecular flexibility index (Phi) is 2.73. The van der Waals surface area contributed by atoms with Gasteiger partial charge in [-0.25, -0.2) is 4.39 Å². The van der Waals surface area contributed by atoms with E-state index in [9.17, 15) is 4.39 Å². The summed E-state index contributed by atoms with van der Waals surface area (Å²) in [6.45, 7) is 0. The molecule has 1 nitrogen and oxygen atoms in total. The van der Waals surface area contributed by atoms with Crippen LogP contribution in [-0.4, -0.2) is 7.11 Å². The van der Waals surface area contributed by atoms with Gasteiger partial charge in [0.1, 0.15) is 11.6 Å². The number of methoxy groups -OCH3 is 1. The summed E-state index contributed by atoms with van der Waals surface area (Å²) >= 11 is 8.62. The van der Waals surface area contributed by atoms with E-state index >= 15 is 0 Å². The first-order valence-electron chi connectivity index (χ1n) is 2.83. The molecule has 1 aromatic carbocycles. The fraction of sp³-hybridized carbons (Fsp3) is 0.143. The number of halogens is 3. The van der Waals surface area contributed by atoms with Gasteiger partial charge in [0.15, 0.2) is 0 Å². The maximum absolute atomic E-state index is 12.7. The lowest BCUT2D eigenvalue weighted by atomic mass is 10.3. The molecule has 1 rings (SSSR count). The van der Waals surface area contributed by atoms with E-state index in [0.717, 1.165) is 0 Å². The normalized spacial score (nSPS) is 9.82. The molecule has 11 heavy (non-hydrogen) atoms. The van der Waals surface area contributed by atoms with Crippen LogP contribution in [0.2, 0.25) is 5.02 Å². The van der Waals surface area contributed by atoms with Crippen molar-refractivity contribution in [1.82, 2.24) is 0 Å². The number of hydrogen-bond acceptors (Lipinski definition) is 1. The summed E-state index contributed by atoms with van der Waals surface area (Å²) in [5, 5.41) is 0.271. The molecule has 0 fully saturated rings. The van der Waals surface area contributed by atoms with Gasteiger partial charge < -0.3 is 4.74 Å². The summed E-state index contributed by atoms with van der Waals surface area (Å²) in [7, 11) is 1.48. The van der Waals surface area contributed by atoms with E-state index in [1.165, 1.54) is 19.2 Å². The summed E-state index contributed by atoms with van der Waals surface area (Å²) < 4.78 is 17.9. The summed E-state index contributed by atoms with van der Waals surface area (Å²) in [6, 6.07) is 2.68. The molecule has 0 unspecified atom stereocenters. The second-order valence-corrected chi connectivity index (χ2v) is 3.16. The number of rotatable bonds is 1. The molecule has 0 N–H and O–H groups in total. The van der Waals surface area contributed by atoms with Crippen LogP contribution in [0, 0.1) is 5.82 Å². The van der Waals surface area contributed by atoms with E-state index in [0.29, 0.717) is 10.2 Å². The first kappa shape index (κ1) is 8.81. The van der Waals surface area contributed by atoms with Crippen molar-refractivity contribution in [1.29, 1.82) is 0 Å². The number of ether oxygens (including phenoxy) is 1. The molecule has 0 atom stereocenters. The third-order valence-corrected chi connectivity index (χ3v) is 2.10. The van der Waals surface area contributed by atoms with Crippen molar-refractivity contribution in [3.8, 4) is 5.75 Å². The highest BCUT2D eigenvalue weighted by Gasteiger charge is 2.05. The van der Waals surface area contributed by atoms with Gasteiger partial charge in [0, 0.05) is 0 Å². The van der Waals surface area contributed by atoms with Crippen molar-refractivity contribution in [2.45, 2.75) is 0 Å². The SMILES string of the molecule is COc1cc(Br)c(F)cc1Cl. The molecule has 0 spiro atoms. The van der Waals surface area contributed by atoms with Gasteiger partial charge in [-0.3, -0.25) is 0 Å². The minimum Gasteiger partial charge on any atom is -0.495 e. The maximum Gasteiger partial charge on any atom is 0.139 e. The Balaban J connectivity index is 3.21. The van der Waals surface area contributed by atoms with Gasteiger partial charge in [-0.1, -0.05) is 11.6 Å². The Morgan fingerprint density at radius 3 is 2.73 bits per heavy atom. The zero-order chi connectivity index (χ0) is 8.43. The quantitative estimate of drug-likeness (QED) is 0.684. The first-order chi connectivity index (χ1) is 5.15. The fourth-order valence-electron chi connectivity index (χ4n) is 0.661. The van der Waals surface area contributed by atoms with E-state index in [4.69, 9.17) is 16.3 Å². The Hall–Kier alpha value is -0.280. The average Bonchev–Trinajstić information content (AvgIpc) is 1.97. The maximum atomic E-state index is 12.7. The van der Waals surface area contributed by atoms with E-state index < -0.39 is 5.82 Å². The molecule has 0 saturated carbocycles. The van der Waals surface area contributed by atoms with E-state index in [2.05, 4.69) is 15.9 Å². The van der Waals surface area contributed by atoms with E-state index in [1.54, 1.807) is 0 Å². The van der Waals surface area contributed by atoms with Crippen LogP contribution in [0.15, 0.2) is 16.6 Å². The second-order valence-electron chi connectivity index (χ2n) is 1.90. The van der Waals surface area contributed by atoms with Crippen LogP contribution in [0.5, 0.6) is 5.75 Å². The molecule has 0 aliphatic rings. The lowest BCUT2D eigenvalue weighted by Gasteiger charge is -2.02. The van der Waals surface area contributed by atoms with Gasteiger partial charge in [0.25, 0.3) is 0 Å². The smallest absolute Gasteiger partial charge is 0.139 e. The predicted octanol–water partition coefficient (Wildman–Crippen LogP) is 3.25. The van der Waals surface area contributed by atoms with Gasteiger partial charge in [-0.15, -0.1) is 0 Å². The standard InChI is InChI=1S/C7H5BrClFO/c1-11-7-2-4(8)6(10)3-5(7)9/h2-3H,1H3. The molecule has 0 aromatic heterocycles. The minimum atomic E-state index is -0.393. The molecular formula is C7H5BrClFO. The predicted molar refractivity (Wildman–Crippen MR) is 45.7 cm³/mol. The van der Waals surface area contributed by atoms with Crippen LogP contribution < -0.4 is 4.74 Å². The molecule has 4 heteroatoms. The van der Waals surface area contributed by atoms with Crippen molar-refractivity contribution >= 4 is 27.5 Å². The van der Waals surface area contributed by atoms with Crippen LogP contribution >= 0.6 is 27.5 Å². The third kappa shape index (κ3) is 1.84. The molecule has 0 heterocycles. The van der Waals surface area contributed by atoms with Gasteiger partial charge in [-0.05, 0) is 28.1 Å². The number of benzene rings is 1. The molecule has 60 valence electrons. The molecule has 1 aromatic rings. The van der Waals surface area contributed by atoms with Crippen LogP contribution in [0.3, 0.4) is 0 Å². The second kappa shape index (κ2) is 3.41. The highest BCUT2D eigenvalue weighted by Crippen LogP contribution is 2.29. The monoisotopic (exact) mass is 238 g/mol. The molecule has 0 radical (unpaired) electrons. The van der Waals surface area contributed by atoms with Crippen LogP contribution in [-0.2, 0) is 0 Å². The van der Waals surface area contributed by atoms with E-state index in [-0.39, 0.29) is 5.02 Å². The zero-order valence-corrected chi connectivity index (χ0v) is 8.04. The highest BCUT2D eigenvalue weighted by molar-refractivity contribution is 9.10. The molecule has 0 bridgehead atoms. The zero-order valence-electron chi connectivity index (χ0n) is 5.70. The van der Waals surface area contributed by atoms with Crippen molar-refractivity contribution in [2.75, 3.05) is 7.11 Å². The average molecular weight is 239 g/mol. The van der Waals surface area contributed by atoms with Crippen LogP contribution in [0.25, 0.3) is 0 Å². The van der Waals surface area contributed by atoms with Crippen LogP contribution in [0.4, 0.5) is 4.39 Å². The molecule has 0 saturated heterocycles. The highest BCUT2D eigenvalue weighted by atomic mass is 79.9. The topological polar surface area (TPSA) is 9.23 Å². The van der Waals surface area contributed by atoms with Gasteiger partial charge in [0.05, 0.1) is 16.6 Å². The minimum absolute atomic E-state index is 0.271. The van der Waals surface area contributed by atoms with Crippen molar-refractivity contribution in [3.05, 3.63) is 27.4 Å². The Morgan fingerprint density at radius 1 is 1.55 bits per heavy atom. The Labute approximate surface area is 77.2 Å². The number of hydrogen-bond donors (Lipinski definition) is 0. The fourth-order valence-corrected chi connectivity index (χ4v) is 1.21. The Morgan fingerprint density at radius 2 is 2.18 bits per heavy atom. The van der Waals surface area contributed by atoms with Crippen LogP contribution in [0.1, 0.15) is 0 Å². The summed E-state index contributed by atoms with van der Waals surface area (Å²) in [4.78, 5) is 0. The molecule has 0 aliphatic heterocycles. The van der Waals surface area contributed by atoms with Gasteiger partial charge >= 0.3 is 0 Å². The summed E-state index contributed by atoms with van der Waals surface area (Å²) in [5.74, 6) is 0.0655. The lowest BCUT2D eigenvalue weighted by molar-refractivity contribution is 0.413. The lowest BCUT2D eigenvalue weighted by Crippen LogP contribution is -1.86. The van der Waals surface area contributed by atoms with Gasteiger partial charge in [-0.2, -0.15) is 0 Å². The first-order valence-corrected chi connectivity index (χ1v) is 4.00. The van der Waals surface area contributed by atoms with Crippen molar-refractivity contribution in [2.24, 2.45) is 0 Å². The van der Waals surface area contributed by atoms with Crippen molar-refractivity contribution < 1.29 is 9.13 Å². The molecule has 0 aliphatic carbocycles. The Bertz CT molecular complexity index is 277. The largest absolute Gasteiger partial charge is 0.495 e. The van der Waals surface area contributed by atoms with E-state index in [1.807, 2.05) is 0 Å². The van der Waals surface area contributed by atoms with Gasteiger partial charge in [0.2, 0.25) is 0 Å². The molecular weight excluding hydrogens is 234 g/mol.